The van der Waals surface area contributed by atoms with Crippen molar-refractivity contribution in [3.8, 4) is 0 Å². The van der Waals surface area contributed by atoms with E-state index in [2.05, 4.69) is 4.90 Å². The van der Waals surface area contributed by atoms with Crippen LogP contribution in [0.3, 0.4) is 0 Å². The van der Waals surface area contributed by atoms with E-state index in [9.17, 15) is 14.4 Å². The first kappa shape index (κ1) is 22.5. The fraction of sp³-hybridized carbons (Fsp3) is 0.583. The maximum Gasteiger partial charge on any atom is 0.261 e. The minimum absolute atomic E-state index is 0.00173. The number of carbonyl (C=O) groups is 2. The van der Waals surface area contributed by atoms with Crippen LogP contribution >= 0.6 is 0 Å². The molecule has 1 fully saturated rings. The summed E-state index contributed by atoms with van der Waals surface area (Å²) in [7, 11) is 3.52. The molecule has 8 heteroatoms. The summed E-state index contributed by atoms with van der Waals surface area (Å²) in [5.74, 6) is 0.871. The molecular formula is C24H33N5O3. The van der Waals surface area contributed by atoms with Gasteiger partial charge in [-0.1, -0.05) is 12.8 Å². The summed E-state index contributed by atoms with van der Waals surface area (Å²) in [5, 5.41) is 0.579. The first-order chi connectivity index (χ1) is 15.4. The summed E-state index contributed by atoms with van der Waals surface area (Å²) in [5.41, 5.74) is 1.18. The van der Waals surface area contributed by atoms with Crippen molar-refractivity contribution in [3.63, 3.8) is 0 Å². The maximum atomic E-state index is 13.2. The van der Waals surface area contributed by atoms with Gasteiger partial charge in [-0.05, 0) is 37.5 Å². The number of likely N-dealkylation sites (N-methyl/N-ethyl adjacent to an activating group) is 1. The third-order valence-electron chi connectivity index (χ3n) is 6.55. The van der Waals surface area contributed by atoms with E-state index in [1.54, 1.807) is 37.2 Å². The van der Waals surface area contributed by atoms with Gasteiger partial charge in [-0.15, -0.1) is 0 Å². The molecule has 1 aromatic carbocycles. The van der Waals surface area contributed by atoms with Crippen LogP contribution in [0.1, 0.15) is 48.3 Å². The van der Waals surface area contributed by atoms with Crippen LogP contribution in [0.25, 0.3) is 10.9 Å². The Labute approximate surface area is 188 Å². The number of rotatable bonds is 3. The lowest BCUT2D eigenvalue weighted by atomic mass is 10.1. The summed E-state index contributed by atoms with van der Waals surface area (Å²) in [4.78, 5) is 48.6. The highest BCUT2D eigenvalue weighted by atomic mass is 16.2. The lowest BCUT2D eigenvalue weighted by Crippen LogP contribution is -2.39. The number of aromatic nitrogens is 2. The number of hydrogen-bond donors (Lipinski definition) is 0. The Hall–Kier alpha value is -2.74. The van der Waals surface area contributed by atoms with E-state index in [1.165, 1.54) is 6.42 Å². The standard InChI is InChI=1S/C24H33N5O3/c1-26(2)22(30)17-27-11-7-12-28(15-14-27)23(31)18-9-10-19-20(16-18)25-21-8-5-3-4-6-13-29(21)24(19)32/h9-10,16H,3-8,11-15,17H2,1-2H3. The summed E-state index contributed by atoms with van der Waals surface area (Å²) in [6, 6.07) is 5.28. The first-order valence-electron chi connectivity index (χ1n) is 11.7. The minimum atomic E-state index is -0.0404. The molecule has 0 atom stereocenters. The molecule has 0 saturated carbocycles. The van der Waals surface area contributed by atoms with Gasteiger partial charge in [-0.3, -0.25) is 23.9 Å². The molecule has 32 heavy (non-hydrogen) atoms. The number of aryl methyl sites for hydroxylation is 1. The molecule has 0 aliphatic carbocycles. The van der Waals surface area contributed by atoms with Crippen molar-refractivity contribution in [2.75, 3.05) is 46.8 Å². The molecule has 2 aromatic rings. The van der Waals surface area contributed by atoms with Gasteiger partial charge in [0.2, 0.25) is 5.91 Å². The van der Waals surface area contributed by atoms with Crippen molar-refractivity contribution in [2.24, 2.45) is 0 Å². The third-order valence-corrected chi connectivity index (χ3v) is 6.55. The molecule has 0 bridgehead atoms. The smallest absolute Gasteiger partial charge is 0.261 e. The van der Waals surface area contributed by atoms with Gasteiger partial charge in [0.25, 0.3) is 11.5 Å². The van der Waals surface area contributed by atoms with Crippen molar-refractivity contribution in [2.45, 2.75) is 45.1 Å². The van der Waals surface area contributed by atoms with Crippen LogP contribution in [-0.2, 0) is 17.8 Å². The average Bonchev–Trinajstić information content (AvgIpc) is 2.99. The first-order valence-corrected chi connectivity index (χ1v) is 11.7. The predicted octanol–water partition coefficient (Wildman–Crippen LogP) is 1.75. The number of hydrogen-bond acceptors (Lipinski definition) is 5. The fourth-order valence-corrected chi connectivity index (χ4v) is 4.58. The monoisotopic (exact) mass is 439 g/mol. The lowest BCUT2D eigenvalue weighted by molar-refractivity contribution is -0.129. The van der Waals surface area contributed by atoms with E-state index >= 15 is 0 Å². The van der Waals surface area contributed by atoms with Crippen molar-refractivity contribution in [1.82, 2.24) is 24.3 Å². The molecule has 2 aliphatic rings. The quantitative estimate of drug-likeness (QED) is 0.728. The van der Waals surface area contributed by atoms with Crippen molar-refractivity contribution in [1.29, 1.82) is 0 Å². The van der Waals surface area contributed by atoms with Crippen LogP contribution in [0.2, 0.25) is 0 Å². The topological polar surface area (TPSA) is 78.8 Å². The zero-order valence-corrected chi connectivity index (χ0v) is 19.2. The van der Waals surface area contributed by atoms with Gasteiger partial charge < -0.3 is 9.80 Å². The van der Waals surface area contributed by atoms with E-state index in [1.807, 2.05) is 9.47 Å². The molecule has 0 N–H and O–H groups in total. The SMILES string of the molecule is CN(C)C(=O)CN1CCCN(C(=O)c2ccc3c(=O)n4c(nc3c2)CCCCCC4)CC1. The van der Waals surface area contributed by atoms with Gasteiger partial charge in [0.1, 0.15) is 5.82 Å². The van der Waals surface area contributed by atoms with Crippen LogP contribution in [0, 0.1) is 0 Å². The number of benzene rings is 1. The largest absolute Gasteiger partial charge is 0.348 e. The molecule has 8 nitrogen and oxygen atoms in total. The van der Waals surface area contributed by atoms with E-state index in [4.69, 9.17) is 4.98 Å². The summed E-state index contributed by atoms with van der Waals surface area (Å²) >= 11 is 0. The van der Waals surface area contributed by atoms with Gasteiger partial charge in [0.15, 0.2) is 0 Å². The van der Waals surface area contributed by atoms with Gasteiger partial charge in [0, 0.05) is 58.8 Å². The van der Waals surface area contributed by atoms with Crippen molar-refractivity contribution >= 4 is 22.7 Å². The molecule has 0 radical (unpaired) electrons. The molecule has 2 aliphatic heterocycles. The number of carbonyl (C=O) groups excluding carboxylic acids is 2. The Morgan fingerprint density at radius 3 is 2.59 bits per heavy atom. The van der Waals surface area contributed by atoms with Crippen molar-refractivity contribution in [3.05, 3.63) is 39.9 Å². The molecule has 3 heterocycles. The van der Waals surface area contributed by atoms with E-state index in [0.717, 1.165) is 51.0 Å². The van der Waals surface area contributed by atoms with Crippen LogP contribution in [0.5, 0.6) is 0 Å². The summed E-state index contributed by atoms with van der Waals surface area (Å²) in [6.07, 6.45) is 5.98. The Morgan fingerprint density at radius 2 is 1.78 bits per heavy atom. The Kier molecular flexibility index (Phi) is 6.89. The molecule has 0 unspecified atom stereocenters. The predicted molar refractivity (Wildman–Crippen MR) is 124 cm³/mol. The zero-order chi connectivity index (χ0) is 22.7. The van der Waals surface area contributed by atoms with Gasteiger partial charge in [-0.2, -0.15) is 0 Å². The zero-order valence-electron chi connectivity index (χ0n) is 19.2. The molecule has 0 spiro atoms. The van der Waals surface area contributed by atoms with Gasteiger partial charge in [-0.25, -0.2) is 4.98 Å². The van der Waals surface area contributed by atoms with E-state index in [0.29, 0.717) is 42.6 Å². The lowest BCUT2D eigenvalue weighted by Gasteiger charge is -2.23. The summed E-state index contributed by atoms with van der Waals surface area (Å²) < 4.78 is 1.82. The summed E-state index contributed by atoms with van der Waals surface area (Å²) in [6.45, 7) is 3.81. The fourth-order valence-electron chi connectivity index (χ4n) is 4.58. The molecule has 172 valence electrons. The number of nitrogens with zero attached hydrogens (tertiary/aromatic N) is 5. The highest BCUT2D eigenvalue weighted by Crippen LogP contribution is 2.18. The van der Waals surface area contributed by atoms with Gasteiger partial charge >= 0.3 is 0 Å². The highest BCUT2D eigenvalue weighted by molar-refractivity contribution is 5.97. The molecule has 1 aromatic heterocycles. The Bertz CT molecular complexity index is 1060. The maximum absolute atomic E-state index is 13.2. The Morgan fingerprint density at radius 1 is 0.969 bits per heavy atom. The van der Waals surface area contributed by atoms with E-state index in [-0.39, 0.29) is 17.4 Å². The van der Waals surface area contributed by atoms with E-state index < -0.39 is 0 Å². The number of amides is 2. The van der Waals surface area contributed by atoms with Crippen LogP contribution in [-0.4, -0.2) is 82.9 Å². The minimum Gasteiger partial charge on any atom is -0.348 e. The molecule has 4 rings (SSSR count). The average molecular weight is 440 g/mol. The highest BCUT2D eigenvalue weighted by Gasteiger charge is 2.23. The van der Waals surface area contributed by atoms with Crippen LogP contribution in [0.4, 0.5) is 0 Å². The molecule has 1 saturated heterocycles. The van der Waals surface area contributed by atoms with Crippen LogP contribution < -0.4 is 5.56 Å². The molecular weight excluding hydrogens is 406 g/mol. The second-order valence-electron chi connectivity index (χ2n) is 9.09. The van der Waals surface area contributed by atoms with Crippen LogP contribution in [0.15, 0.2) is 23.0 Å². The van der Waals surface area contributed by atoms with Crippen molar-refractivity contribution < 1.29 is 9.59 Å². The second kappa shape index (κ2) is 9.81. The Balaban J connectivity index is 1.53. The third kappa shape index (κ3) is 4.85. The van der Waals surface area contributed by atoms with Gasteiger partial charge in [0.05, 0.1) is 17.4 Å². The number of fused-ring (bicyclic) bond motifs is 2. The molecule has 2 amide bonds. The normalized spacial score (nSPS) is 17.9. The second-order valence-corrected chi connectivity index (χ2v) is 9.09.